The number of anilines is 2. The minimum Gasteiger partial charge on any atom is -0.312 e. The van der Waals surface area contributed by atoms with Crippen LogP contribution in [0.2, 0.25) is 0 Å². The molecule has 2 aliphatic rings. The summed E-state index contributed by atoms with van der Waals surface area (Å²) in [5, 5.41) is 0. The van der Waals surface area contributed by atoms with Gasteiger partial charge >= 0.3 is 0 Å². The fraction of sp³-hybridized carbons (Fsp3) is 0.375. The van der Waals surface area contributed by atoms with Gasteiger partial charge in [-0.3, -0.25) is 9.59 Å². The van der Waals surface area contributed by atoms with E-state index in [1.165, 1.54) is 0 Å². The van der Waals surface area contributed by atoms with E-state index in [-0.39, 0.29) is 17.7 Å². The minimum atomic E-state index is 0.139. The second kappa shape index (κ2) is 5.12. The molecule has 2 aliphatic heterocycles. The number of carbonyl (C=O) groups is 2. The lowest BCUT2D eigenvalue weighted by Crippen LogP contribution is -2.25. The average Bonchev–Trinajstić information content (AvgIpc) is 3.05. The summed E-state index contributed by atoms with van der Waals surface area (Å²) in [7, 11) is 0. The van der Waals surface area contributed by atoms with Gasteiger partial charge in [0, 0.05) is 43.2 Å². The first-order valence-corrected chi connectivity index (χ1v) is 7.02. The Bertz CT molecular complexity index is 550. The highest BCUT2D eigenvalue weighted by atomic mass is 16.2. The van der Waals surface area contributed by atoms with Crippen molar-refractivity contribution in [2.75, 3.05) is 22.9 Å². The maximum atomic E-state index is 12.0. The number of rotatable bonds is 3. The second-order valence-electron chi connectivity index (χ2n) is 5.37. The highest BCUT2D eigenvalue weighted by Crippen LogP contribution is 2.28. The van der Waals surface area contributed by atoms with Gasteiger partial charge in [-0.25, -0.2) is 0 Å². The Morgan fingerprint density at radius 3 is 2.20 bits per heavy atom. The molecule has 1 aromatic carbocycles. The van der Waals surface area contributed by atoms with Crippen LogP contribution in [0.4, 0.5) is 11.4 Å². The summed E-state index contributed by atoms with van der Waals surface area (Å²) in [6.07, 6.45) is 3.94. The zero-order valence-electron chi connectivity index (χ0n) is 11.4. The number of hydrogen-bond acceptors (Lipinski definition) is 2. The summed E-state index contributed by atoms with van der Waals surface area (Å²) in [6.45, 7) is 5.25. The maximum Gasteiger partial charge on any atom is 0.227 e. The fourth-order valence-corrected chi connectivity index (χ4v) is 2.88. The van der Waals surface area contributed by atoms with Crippen LogP contribution in [0.25, 0.3) is 0 Å². The lowest BCUT2D eigenvalue weighted by atomic mass is 10.1. The average molecular weight is 270 g/mol. The van der Waals surface area contributed by atoms with Gasteiger partial charge in [0.1, 0.15) is 0 Å². The van der Waals surface area contributed by atoms with Gasteiger partial charge in [0.15, 0.2) is 0 Å². The van der Waals surface area contributed by atoms with Gasteiger partial charge in [0.05, 0.1) is 0 Å². The maximum absolute atomic E-state index is 12.0. The molecule has 3 rings (SSSR count). The van der Waals surface area contributed by atoms with Gasteiger partial charge in [-0.2, -0.15) is 0 Å². The molecule has 0 bridgehead atoms. The standard InChI is InChI=1S/C16H18N2O2/c1-2-12-10-16(20)18(11-12)14-7-5-13(6-8-14)17-9-3-4-15(17)19/h2,5-8,12H,1,3-4,9-11H2. The fourth-order valence-electron chi connectivity index (χ4n) is 2.88. The third kappa shape index (κ3) is 2.22. The molecule has 0 N–H and O–H groups in total. The van der Waals surface area contributed by atoms with Gasteiger partial charge in [-0.05, 0) is 30.7 Å². The minimum absolute atomic E-state index is 0.139. The molecule has 0 saturated carbocycles. The predicted octanol–water partition coefficient (Wildman–Crippen LogP) is 2.35. The number of hydrogen-bond donors (Lipinski definition) is 0. The molecule has 2 saturated heterocycles. The Hall–Kier alpha value is -2.10. The van der Waals surface area contributed by atoms with Crippen LogP contribution in [0.15, 0.2) is 36.9 Å². The molecule has 1 aromatic rings. The molecule has 0 spiro atoms. The number of amides is 2. The van der Waals surface area contributed by atoms with E-state index in [4.69, 9.17) is 0 Å². The van der Waals surface area contributed by atoms with Crippen LogP contribution in [-0.2, 0) is 9.59 Å². The summed E-state index contributed by atoms with van der Waals surface area (Å²) >= 11 is 0. The van der Waals surface area contributed by atoms with Crippen molar-refractivity contribution < 1.29 is 9.59 Å². The second-order valence-corrected chi connectivity index (χ2v) is 5.37. The molecule has 4 nitrogen and oxygen atoms in total. The number of nitrogens with zero attached hydrogens (tertiary/aromatic N) is 2. The largest absolute Gasteiger partial charge is 0.312 e. The monoisotopic (exact) mass is 270 g/mol. The zero-order valence-corrected chi connectivity index (χ0v) is 11.4. The van der Waals surface area contributed by atoms with Crippen LogP contribution < -0.4 is 9.80 Å². The topological polar surface area (TPSA) is 40.6 Å². The lowest BCUT2D eigenvalue weighted by molar-refractivity contribution is -0.118. The zero-order chi connectivity index (χ0) is 14.1. The van der Waals surface area contributed by atoms with E-state index in [9.17, 15) is 9.59 Å². The van der Waals surface area contributed by atoms with E-state index >= 15 is 0 Å². The Morgan fingerprint density at radius 2 is 1.70 bits per heavy atom. The first kappa shape index (κ1) is 12.9. The normalized spacial score (nSPS) is 22.7. The summed E-state index contributed by atoms with van der Waals surface area (Å²) in [5.41, 5.74) is 1.82. The highest BCUT2D eigenvalue weighted by Gasteiger charge is 2.29. The van der Waals surface area contributed by atoms with Crippen LogP contribution in [0, 0.1) is 5.92 Å². The van der Waals surface area contributed by atoms with Crippen molar-refractivity contribution in [3.8, 4) is 0 Å². The van der Waals surface area contributed by atoms with E-state index in [0.29, 0.717) is 19.4 Å². The Morgan fingerprint density at radius 1 is 1.05 bits per heavy atom. The summed E-state index contributed by atoms with van der Waals surface area (Å²) < 4.78 is 0. The summed E-state index contributed by atoms with van der Waals surface area (Å²) in [4.78, 5) is 27.3. The quantitative estimate of drug-likeness (QED) is 0.791. The predicted molar refractivity (Wildman–Crippen MR) is 78.7 cm³/mol. The molecule has 2 fully saturated rings. The van der Waals surface area contributed by atoms with E-state index in [1.807, 2.05) is 35.2 Å². The van der Waals surface area contributed by atoms with Crippen molar-refractivity contribution in [1.29, 1.82) is 0 Å². The molecule has 0 radical (unpaired) electrons. The lowest BCUT2D eigenvalue weighted by Gasteiger charge is -2.19. The van der Waals surface area contributed by atoms with Crippen LogP contribution >= 0.6 is 0 Å². The highest BCUT2D eigenvalue weighted by molar-refractivity contribution is 5.97. The molecule has 2 heterocycles. The third-order valence-electron chi connectivity index (χ3n) is 4.03. The molecule has 2 amide bonds. The Balaban J connectivity index is 1.78. The van der Waals surface area contributed by atoms with Crippen molar-refractivity contribution in [1.82, 2.24) is 0 Å². The van der Waals surface area contributed by atoms with Crippen LogP contribution in [0.1, 0.15) is 19.3 Å². The molecule has 0 aromatic heterocycles. The molecular formula is C16H18N2O2. The van der Waals surface area contributed by atoms with E-state index in [0.717, 1.165) is 24.3 Å². The van der Waals surface area contributed by atoms with Crippen molar-refractivity contribution in [2.24, 2.45) is 5.92 Å². The SMILES string of the molecule is C=CC1CC(=O)N(c2ccc(N3CCCC3=O)cc2)C1. The van der Waals surface area contributed by atoms with Gasteiger partial charge < -0.3 is 9.80 Å². The summed E-state index contributed by atoms with van der Waals surface area (Å²) in [6, 6.07) is 7.69. The Labute approximate surface area is 118 Å². The van der Waals surface area contributed by atoms with Crippen molar-refractivity contribution in [3.05, 3.63) is 36.9 Å². The molecule has 104 valence electrons. The van der Waals surface area contributed by atoms with Gasteiger partial charge in [-0.15, -0.1) is 6.58 Å². The van der Waals surface area contributed by atoms with Crippen molar-refractivity contribution in [2.45, 2.75) is 19.3 Å². The molecule has 1 atom stereocenters. The first-order valence-electron chi connectivity index (χ1n) is 7.02. The third-order valence-corrected chi connectivity index (χ3v) is 4.03. The number of benzene rings is 1. The van der Waals surface area contributed by atoms with Gasteiger partial charge in [0.2, 0.25) is 11.8 Å². The molecule has 1 unspecified atom stereocenters. The van der Waals surface area contributed by atoms with E-state index in [2.05, 4.69) is 6.58 Å². The van der Waals surface area contributed by atoms with Crippen LogP contribution in [0.3, 0.4) is 0 Å². The first-order chi connectivity index (χ1) is 9.69. The van der Waals surface area contributed by atoms with E-state index in [1.54, 1.807) is 4.90 Å². The van der Waals surface area contributed by atoms with Gasteiger partial charge in [0.25, 0.3) is 0 Å². The Kier molecular flexibility index (Phi) is 3.30. The summed E-state index contributed by atoms with van der Waals surface area (Å²) in [5.74, 6) is 0.559. The molecule has 0 aliphatic carbocycles. The van der Waals surface area contributed by atoms with Crippen LogP contribution in [0.5, 0.6) is 0 Å². The van der Waals surface area contributed by atoms with E-state index < -0.39 is 0 Å². The molecular weight excluding hydrogens is 252 g/mol. The number of carbonyl (C=O) groups excluding carboxylic acids is 2. The van der Waals surface area contributed by atoms with Crippen molar-refractivity contribution in [3.63, 3.8) is 0 Å². The smallest absolute Gasteiger partial charge is 0.227 e. The molecule has 20 heavy (non-hydrogen) atoms. The van der Waals surface area contributed by atoms with Gasteiger partial charge in [-0.1, -0.05) is 6.08 Å². The van der Waals surface area contributed by atoms with Crippen molar-refractivity contribution >= 4 is 23.2 Å². The molecule has 4 heteroatoms. The van der Waals surface area contributed by atoms with Crippen LogP contribution in [-0.4, -0.2) is 24.9 Å².